The SMILES string of the molecule is CCCCN1C(=O)C(=O)N(CC(=O)N(C)Cc2ccc3c(c2)OCCO3)C1=O. The van der Waals surface area contributed by atoms with Crippen LogP contribution in [0.1, 0.15) is 25.3 Å². The highest BCUT2D eigenvalue weighted by atomic mass is 16.6. The summed E-state index contributed by atoms with van der Waals surface area (Å²) in [5, 5.41) is 0. The van der Waals surface area contributed by atoms with Crippen LogP contribution < -0.4 is 9.47 Å². The highest BCUT2D eigenvalue weighted by molar-refractivity contribution is 6.45. The number of nitrogens with zero attached hydrogens (tertiary/aromatic N) is 3. The minimum atomic E-state index is -0.956. The Morgan fingerprint density at radius 3 is 2.46 bits per heavy atom. The molecule has 0 unspecified atom stereocenters. The molecule has 1 aromatic rings. The molecule has 0 saturated carbocycles. The van der Waals surface area contributed by atoms with Crippen molar-refractivity contribution in [1.82, 2.24) is 14.7 Å². The Labute approximate surface area is 162 Å². The molecular weight excluding hydrogens is 366 g/mol. The van der Waals surface area contributed by atoms with Gasteiger partial charge in [0, 0.05) is 20.1 Å². The molecule has 150 valence electrons. The predicted molar refractivity (Wildman–Crippen MR) is 97.6 cm³/mol. The molecule has 3 rings (SSSR count). The van der Waals surface area contributed by atoms with Gasteiger partial charge in [-0.2, -0.15) is 0 Å². The zero-order chi connectivity index (χ0) is 20.3. The number of carbonyl (C=O) groups is 4. The molecule has 0 aromatic heterocycles. The molecule has 1 fully saturated rings. The molecule has 5 amide bonds. The lowest BCUT2D eigenvalue weighted by Crippen LogP contribution is -2.42. The van der Waals surface area contributed by atoms with Gasteiger partial charge in [-0.15, -0.1) is 0 Å². The van der Waals surface area contributed by atoms with Gasteiger partial charge in [-0.05, 0) is 24.1 Å². The zero-order valence-electron chi connectivity index (χ0n) is 16.0. The second-order valence-corrected chi connectivity index (χ2v) is 6.71. The molecule has 2 aliphatic rings. The van der Waals surface area contributed by atoms with E-state index in [1.54, 1.807) is 19.2 Å². The van der Waals surface area contributed by atoms with Crippen LogP contribution in [0.2, 0.25) is 0 Å². The van der Waals surface area contributed by atoms with Gasteiger partial charge >= 0.3 is 17.8 Å². The maximum Gasteiger partial charge on any atom is 0.334 e. The molecule has 0 aliphatic carbocycles. The third-order valence-electron chi connectivity index (χ3n) is 4.62. The molecule has 9 heteroatoms. The highest BCUT2D eigenvalue weighted by Crippen LogP contribution is 2.31. The number of rotatable bonds is 7. The first-order chi connectivity index (χ1) is 13.4. The summed E-state index contributed by atoms with van der Waals surface area (Å²) in [5.41, 5.74) is 0.819. The summed E-state index contributed by atoms with van der Waals surface area (Å²) in [7, 11) is 1.57. The number of amides is 5. The van der Waals surface area contributed by atoms with E-state index < -0.39 is 30.3 Å². The number of fused-ring (bicyclic) bond motifs is 1. The number of hydrogen-bond acceptors (Lipinski definition) is 6. The molecule has 0 N–H and O–H groups in total. The number of ether oxygens (including phenoxy) is 2. The Morgan fingerprint density at radius 2 is 1.75 bits per heavy atom. The van der Waals surface area contributed by atoms with E-state index in [1.807, 2.05) is 13.0 Å². The number of urea groups is 1. The van der Waals surface area contributed by atoms with Crippen molar-refractivity contribution in [2.45, 2.75) is 26.3 Å². The van der Waals surface area contributed by atoms with Gasteiger partial charge in [0.05, 0.1) is 0 Å². The Balaban J connectivity index is 1.62. The first-order valence-corrected chi connectivity index (χ1v) is 9.22. The van der Waals surface area contributed by atoms with Crippen LogP contribution in [-0.2, 0) is 20.9 Å². The van der Waals surface area contributed by atoms with Crippen LogP contribution in [0.15, 0.2) is 18.2 Å². The quantitative estimate of drug-likeness (QED) is 0.510. The number of imide groups is 2. The third-order valence-corrected chi connectivity index (χ3v) is 4.62. The maximum absolute atomic E-state index is 12.5. The summed E-state index contributed by atoms with van der Waals surface area (Å²) < 4.78 is 11.0. The van der Waals surface area contributed by atoms with Crippen LogP contribution in [0.25, 0.3) is 0 Å². The standard InChI is InChI=1S/C19H23N3O6/c1-3-4-7-21-17(24)18(25)22(19(21)26)12-16(23)20(2)11-13-5-6-14-15(10-13)28-9-8-27-14/h5-6,10H,3-4,7-9,11-12H2,1-2H3. The summed E-state index contributed by atoms with van der Waals surface area (Å²) in [6.07, 6.45) is 1.39. The second-order valence-electron chi connectivity index (χ2n) is 6.71. The maximum atomic E-state index is 12.5. The first kappa shape index (κ1) is 19.7. The first-order valence-electron chi connectivity index (χ1n) is 9.22. The van der Waals surface area contributed by atoms with Crippen molar-refractivity contribution in [3.05, 3.63) is 23.8 Å². The molecule has 9 nitrogen and oxygen atoms in total. The van der Waals surface area contributed by atoms with E-state index in [1.165, 1.54) is 4.90 Å². The molecule has 2 heterocycles. The molecule has 1 aromatic carbocycles. The summed E-state index contributed by atoms with van der Waals surface area (Å²) in [6.45, 7) is 2.86. The van der Waals surface area contributed by atoms with E-state index in [9.17, 15) is 19.2 Å². The van der Waals surface area contributed by atoms with Gasteiger partial charge in [0.25, 0.3) is 0 Å². The fraction of sp³-hybridized carbons (Fsp3) is 0.474. The molecule has 2 aliphatic heterocycles. The summed E-state index contributed by atoms with van der Waals surface area (Å²) in [6, 6.07) is 4.66. The Hall–Kier alpha value is -3.10. The predicted octanol–water partition coefficient (Wildman–Crippen LogP) is 1.01. The smallest absolute Gasteiger partial charge is 0.334 e. The lowest BCUT2D eigenvalue weighted by atomic mass is 10.2. The van der Waals surface area contributed by atoms with Gasteiger partial charge in [0.2, 0.25) is 5.91 Å². The van der Waals surface area contributed by atoms with Crippen molar-refractivity contribution in [3.63, 3.8) is 0 Å². The Bertz CT molecular complexity index is 809. The van der Waals surface area contributed by atoms with Crippen molar-refractivity contribution in [1.29, 1.82) is 0 Å². The van der Waals surface area contributed by atoms with Gasteiger partial charge in [-0.3, -0.25) is 19.3 Å². The molecule has 0 bridgehead atoms. The average molecular weight is 389 g/mol. The molecule has 0 atom stereocenters. The van der Waals surface area contributed by atoms with Crippen molar-refractivity contribution in [2.75, 3.05) is 33.4 Å². The lowest BCUT2D eigenvalue weighted by Gasteiger charge is -2.22. The van der Waals surface area contributed by atoms with Crippen LogP contribution in [0.3, 0.4) is 0 Å². The van der Waals surface area contributed by atoms with Crippen molar-refractivity contribution in [3.8, 4) is 11.5 Å². The van der Waals surface area contributed by atoms with Crippen molar-refractivity contribution in [2.24, 2.45) is 0 Å². The van der Waals surface area contributed by atoms with Gasteiger partial charge in [-0.1, -0.05) is 19.4 Å². The summed E-state index contributed by atoms with van der Waals surface area (Å²) in [5.74, 6) is -1.00. The molecular formula is C19H23N3O6. The number of benzene rings is 1. The minimum Gasteiger partial charge on any atom is -0.486 e. The average Bonchev–Trinajstić information content (AvgIpc) is 2.89. The summed E-state index contributed by atoms with van der Waals surface area (Å²) in [4.78, 5) is 51.9. The van der Waals surface area contributed by atoms with Gasteiger partial charge in [0.1, 0.15) is 19.8 Å². The molecule has 28 heavy (non-hydrogen) atoms. The van der Waals surface area contributed by atoms with Crippen LogP contribution in [0.5, 0.6) is 11.5 Å². The van der Waals surface area contributed by atoms with E-state index in [2.05, 4.69) is 0 Å². The van der Waals surface area contributed by atoms with Crippen LogP contribution in [0.4, 0.5) is 4.79 Å². The highest BCUT2D eigenvalue weighted by Gasteiger charge is 2.45. The normalized spacial score (nSPS) is 16.0. The van der Waals surface area contributed by atoms with E-state index >= 15 is 0 Å². The number of hydrogen-bond donors (Lipinski definition) is 0. The van der Waals surface area contributed by atoms with Gasteiger partial charge in [0.15, 0.2) is 11.5 Å². The van der Waals surface area contributed by atoms with E-state index in [0.29, 0.717) is 36.0 Å². The van der Waals surface area contributed by atoms with Gasteiger partial charge in [-0.25, -0.2) is 9.69 Å². The van der Waals surface area contributed by atoms with E-state index in [-0.39, 0.29) is 13.1 Å². The Kier molecular flexibility index (Phi) is 5.81. The summed E-state index contributed by atoms with van der Waals surface area (Å²) >= 11 is 0. The number of likely N-dealkylation sites (N-methyl/N-ethyl adjacent to an activating group) is 1. The van der Waals surface area contributed by atoms with Crippen LogP contribution in [-0.4, -0.2) is 71.8 Å². The number of carbonyl (C=O) groups excluding carboxylic acids is 4. The second kappa shape index (κ2) is 8.28. The van der Waals surface area contributed by atoms with Crippen LogP contribution in [0, 0.1) is 0 Å². The fourth-order valence-corrected chi connectivity index (χ4v) is 3.01. The number of unbranched alkanes of at least 4 members (excludes halogenated alkanes) is 1. The fourth-order valence-electron chi connectivity index (χ4n) is 3.01. The van der Waals surface area contributed by atoms with Crippen molar-refractivity contribution >= 4 is 23.8 Å². The van der Waals surface area contributed by atoms with E-state index in [4.69, 9.17) is 9.47 Å². The Morgan fingerprint density at radius 1 is 1.07 bits per heavy atom. The topological polar surface area (TPSA) is 96.5 Å². The van der Waals surface area contributed by atoms with Gasteiger partial charge < -0.3 is 14.4 Å². The third kappa shape index (κ3) is 3.92. The monoisotopic (exact) mass is 389 g/mol. The van der Waals surface area contributed by atoms with E-state index in [0.717, 1.165) is 16.9 Å². The minimum absolute atomic E-state index is 0.178. The van der Waals surface area contributed by atoms with Crippen LogP contribution >= 0.6 is 0 Å². The van der Waals surface area contributed by atoms with Crippen molar-refractivity contribution < 1.29 is 28.7 Å². The molecule has 1 saturated heterocycles. The molecule has 0 spiro atoms. The lowest BCUT2D eigenvalue weighted by molar-refractivity contribution is -0.144. The largest absolute Gasteiger partial charge is 0.486 e. The molecule has 0 radical (unpaired) electrons. The zero-order valence-corrected chi connectivity index (χ0v) is 16.0.